The van der Waals surface area contributed by atoms with E-state index in [0.717, 1.165) is 15.3 Å². The van der Waals surface area contributed by atoms with E-state index < -0.39 is 0 Å². The highest BCUT2D eigenvalue weighted by atomic mass is 35.5. The van der Waals surface area contributed by atoms with Crippen molar-refractivity contribution in [1.29, 1.82) is 5.26 Å². The molecule has 1 atom stereocenters. The zero-order valence-electron chi connectivity index (χ0n) is 13.4. The molecule has 26 heavy (non-hydrogen) atoms. The molecule has 0 aromatic carbocycles. The topological polar surface area (TPSA) is 74.7 Å². The fourth-order valence-electron chi connectivity index (χ4n) is 2.34. The maximum Gasteiger partial charge on any atom is 0.131 e. The first-order valence-corrected chi connectivity index (χ1v) is 9.70. The van der Waals surface area contributed by atoms with E-state index in [1.165, 1.54) is 4.88 Å². The number of halogens is 4. The molecule has 0 fully saturated rings. The Morgan fingerprint density at radius 3 is 2.77 bits per heavy atom. The van der Waals surface area contributed by atoms with E-state index in [2.05, 4.69) is 22.4 Å². The predicted molar refractivity (Wildman–Crippen MR) is 118 cm³/mol. The van der Waals surface area contributed by atoms with Gasteiger partial charge in [-0.05, 0) is 17.9 Å². The largest absolute Gasteiger partial charge is 0.379 e. The third-order valence-electron chi connectivity index (χ3n) is 3.45. The first-order valence-electron chi connectivity index (χ1n) is 7.24. The molecule has 0 amide bonds. The summed E-state index contributed by atoms with van der Waals surface area (Å²) in [5.74, 6) is 0. The molecule has 4 nitrogen and oxygen atoms in total. The van der Waals surface area contributed by atoms with Crippen LogP contribution in [0.15, 0.2) is 23.6 Å². The molecule has 1 unspecified atom stereocenters. The quantitative estimate of drug-likeness (QED) is 0.440. The molecular weight excluding hydrogens is 454 g/mol. The molecule has 0 radical (unpaired) electrons. The van der Waals surface area contributed by atoms with Gasteiger partial charge in [-0.15, -0.1) is 47.5 Å². The maximum atomic E-state index is 8.77. The van der Waals surface area contributed by atoms with Crippen molar-refractivity contribution >= 4 is 86.6 Å². The van der Waals surface area contributed by atoms with Gasteiger partial charge in [0, 0.05) is 28.4 Å². The molecular formula is C16H16Cl4N4S2. The summed E-state index contributed by atoms with van der Waals surface area (Å²) >= 11 is 15.9. The third kappa shape index (κ3) is 5.37. The molecule has 0 aliphatic rings. The minimum absolute atomic E-state index is 0. The summed E-state index contributed by atoms with van der Waals surface area (Å²) in [6.07, 6.45) is 0.845. The summed E-state index contributed by atoms with van der Waals surface area (Å²) in [6, 6.07) is 7.75. The van der Waals surface area contributed by atoms with Crippen molar-refractivity contribution in [2.45, 2.75) is 25.4 Å². The fourth-order valence-corrected chi connectivity index (χ4v) is 4.78. The van der Waals surface area contributed by atoms with Gasteiger partial charge in [-0.1, -0.05) is 29.3 Å². The number of nitrogens with one attached hydrogen (secondary N) is 1. The molecule has 0 saturated heterocycles. The number of anilines is 1. The van der Waals surface area contributed by atoms with Crippen LogP contribution in [0.4, 0.5) is 5.69 Å². The van der Waals surface area contributed by atoms with Crippen LogP contribution in [0.3, 0.4) is 0 Å². The number of fused-ring (bicyclic) bond motifs is 1. The molecule has 0 bridgehead atoms. The number of pyridine rings is 1. The maximum absolute atomic E-state index is 8.77. The molecule has 3 N–H and O–H groups in total. The zero-order chi connectivity index (χ0) is 17.1. The van der Waals surface area contributed by atoms with Crippen molar-refractivity contribution in [1.82, 2.24) is 4.98 Å². The van der Waals surface area contributed by atoms with Gasteiger partial charge in [0.2, 0.25) is 0 Å². The summed E-state index contributed by atoms with van der Waals surface area (Å²) in [4.78, 5) is 6.52. The van der Waals surface area contributed by atoms with E-state index in [0.29, 0.717) is 35.1 Å². The summed E-state index contributed by atoms with van der Waals surface area (Å²) in [6.45, 7) is 0.714. The molecule has 0 aliphatic carbocycles. The molecule has 3 heterocycles. The number of hydrogen-bond acceptors (Lipinski definition) is 6. The van der Waals surface area contributed by atoms with Crippen LogP contribution in [0.25, 0.3) is 10.2 Å². The Kier molecular flexibility index (Phi) is 9.42. The van der Waals surface area contributed by atoms with Crippen molar-refractivity contribution < 1.29 is 0 Å². The molecule has 0 spiro atoms. The molecule has 3 aromatic heterocycles. The van der Waals surface area contributed by atoms with Gasteiger partial charge >= 0.3 is 0 Å². The summed E-state index contributed by atoms with van der Waals surface area (Å²) < 4.78 is 0.958. The lowest BCUT2D eigenvalue weighted by Gasteiger charge is -2.06. The second-order valence-electron chi connectivity index (χ2n) is 5.27. The van der Waals surface area contributed by atoms with Crippen LogP contribution < -0.4 is 11.1 Å². The molecule has 0 aliphatic heterocycles. The first kappa shape index (κ1) is 23.3. The third-order valence-corrected chi connectivity index (χ3v) is 6.28. The van der Waals surface area contributed by atoms with Crippen LogP contribution in [0.1, 0.15) is 16.2 Å². The number of rotatable bonds is 6. The molecule has 140 valence electrons. The van der Waals surface area contributed by atoms with E-state index in [4.69, 9.17) is 34.2 Å². The first-order chi connectivity index (χ1) is 11.6. The van der Waals surface area contributed by atoms with E-state index in [1.807, 2.05) is 17.5 Å². The Morgan fingerprint density at radius 1 is 1.35 bits per heavy atom. The average Bonchev–Trinajstić information content (AvgIpc) is 3.15. The lowest BCUT2D eigenvalue weighted by molar-refractivity contribution is 0.692. The van der Waals surface area contributed by atoms with Crippen LogP contribution in [0.5, 0.6) is 0 Å². The van der Waals surface area contributed by atoms with Gasteiger partial charge in [-0.3, -0.25) is 0 Å². The highest BCUT2D eigenvalue weighted by molar-refractivity contribution is 7.20. The Labute approximate surface area is 182 Å². The number of thiophene rings is 2. The number of nitrogens with zero attached hydrogens (tertiary/aromatic N) is 2. The normalized spacial score (nSPS) is 11.3. The van der Waals surface area contributed by atoms with Crippen molar-refractivity contribution in [2.24, 2.45) is 5.73 Å². The standard InChI is InChI=1S/C16H14Cl2N4S2.2ClH/c17-13-7-11(21-8-10-2-1-5-23-10)16-15(22-13)14(18)12(24-16)6-9(20)3-4-19;;/h1-2,5,7,9H,3,6,8,20H2,(H,21,22);2*1H. The smallest absolute Gasteiger partial charge is 0.131 e. The Bertz CT molecular complexity index is 890. The average molecular weight is 470 g/mol. The van der Waals surface area contributed by atoms with E-state index >= 15 is 0 Å². The molecule has 0 saturated carbocycles. The SMILES string of the molecule is Cl.Cl.N#CCC(N)Cc1sc2c(NCc3cccs3)cc(Cl)nc2c1Cl. The monoisotopic (exact) mass is 468 g/mol. The fraction of sp³-hybridized carbons (Fsp3) is 0.250. The van der Waals surface area contributed by atoms with Gasteiger partial charge in [-0.2, -0.15) is 5.26 Å². The second-order valence-corrected chi connectivity index (χ2v) is 8.17. The van der Waals surface area contributed by atoms with Crippen LogP contribution in [-0.2, 0) is 13.0 Å². The zero-order valence-corrected chi connectivity index (χ0v) is 18.1. The Hall–Kier alpha value is -0.780. The molecule has 10 heteroatoms. The van der Waals surface area contributed by atoms with Crippen molar-refractivity contribution in [3.8, 4) is 6.07 Å². The highest BCUT2D eigenvalue weighted by Gasteiger charge is 2.18. The van der Waals surface area contributed by atoms with E-state index in [1.54, 1.807) is 22.7 Å². The van der Waals surface area contributed by atoms with Crippen molar-refractivity contribution in [2.75, 3.05) is 5.32 Å². The second kappa shape index (κ2) is 10.5. The van der Waals surface area contributed by atoms with E-state index in [9.17, 15) is 0 Å². The lowest BCUT2D eigenvalue weighted by atomic mass is 10.1. The number of nitriles is 1. The highest BCUT2D eigenvalue weighted by Crippen LogP contribution is 2.40. The van der Waals surface area contributed by atoms with Crippen LogP contribution in [0, 0.1) is 11.3 Å². The molecule has 3 rings (SSSR count). The van der Waals surface area contributed by atoms with Gasteiger partial charge in [0.1, 0.15) is 10.7 Å². The van der Waals surface area contributed by atoms with Crippen LogP contribution in [0.2, 0.25) is 10.2 Å². The summed E-state index contributed by atoms with van der Waals surface area (Å²) in [5, 5.41) is 15.2. The van der Waals surface area contributed by atoms with Crippen molar-refractivity contribution in [3.05, 3.63) is 43.5 Å². The summed E-state index contributed by atoms with van der Waals surface area (Å²) in [7, 11) is 0. The van der Waals surface area contributed by atoms with E-state index in [-0.39, 0.29) is 30.9 Å². The van der Waals surface area contributed by atoms with Crippen LogP contribution >= 0.6 is 70.7 Å². The van der Waals surface area contributed by atoms with Gasteiger partial charge in [-0.25, -0.2) is 4.98 Å². The molecule has 3 aromatic rings. The van der Waals surface area contributed by atoms with Crippen molar-refractivity contribution in [3.63, 3.8) is 0 Å². The van der Waals surface area contributed by atoms with Gasteiger partial charge < -0.3 is 11.1 Å². The minimum Gasteiger partial charge on any atom is -0.379 e. The van der Waals surface area contributed by atoms with Gasteiger partial charge in [0.25, 0.3) is 0 Å². The number of nitrogens with two attached hydrogens (primary N) is 1. The Balaban J connectivity index is 0.00000169. The van der Waals surface area contributed by atoms with Crippen LogP contribution in [-0.4, -0.2) is 11.0 Å². The Morgan fingerprint density at radius 2 is 2.12 bits per heavy atom. The number of hydrogen-bond donors (Lipinski definition) is 2. The van der Waals surface area contributed by atoms with Gasteiger partial charge in [0.15, 0.2) is 0 Å². The minimum atomic E-state index is -0.237. The van der Waals surface area contributed by atoms with Gasteiger partial charge in [0.05, 0.1) is 27.9 Å². The lowest BCUT2D eigenvalue weighted by Crippen LogP contribution is -2.21. The summed E-state index contributed by atoms with van der Waals surface area (Å²) in [5.41, 5.74) is 7.55. The predicted octanol–water partition coefficient (Wildman–Crippen LogP) is 5.90. The number of aromatic nitrogens is 1.